The Morgan fingerprint density at radius 3 is 2.43 bits per heavy atom. The van der Waals surface area contributed by atoms with Gasteiger partial charge in [0, 0.05) is 5.56 Å². The molecule has 6 heteroatoms. The van der Waals surface area contributed by atoms with E-state index < -0.39 is 5.91 Å². The van der Waals surface area contributed by atoms with E-state index in [-0.39, 0.29) is 0 Å². The molecule has 0 fully saturated rings. The molecule has 0 spiro atoms. The Kier molecular flexibility index (Phi) is 3.10. The molecule has 0 bridgehead atoms. The first kappa shape index (κ1) is 13.5. The van der Waals surface area contributed by atoms with E-state index in [1.165, 1.54) is 16.9 Å². The van der Waals surface area contributed by atoms with Crippen LogP contribution in [0.2, 0.25) is 0 Å². The topological polar surface area (TPSA) is 94.9 Å². The van der Waals surface area contributed by atoms with Crippen molar-refractivity contribution in [2.45, 2.75) is 13.8 Å². The molecule has 0 unspecified atom stereocenters. The van der Waals surface area contributed by atoms with E-state index >= 15 is 0 Å². The Morgan fingerprint density at radius 2 is 1.81 bits per heavy atom. The maximum atomic E-state index is 11.4. The van der Waals surface area contributed by atoms with Gasteiger partial charge in [-0.2, -0.15) is 0 Å². The third kappa shape index (κ3) is 2.23. The lowest BCUT2D eigenvalue weighted by Gasteiger charge is -2.04. The van der Waals surface area contributed by atoms with Gasteiger partial charge in [0.1, 0.15) is 9.71 Å². The summed E-state index contributed by atoms with van der Waals surface area (Å²) in [6.07, 6.45) is 0. The number of primary amides is 1. The zero-order valence-electron chi connectivity index (χ0n) is 11.7. The monoisotopic (exact) mass is 298 g/mol. The van der Waals surface area contributed by atoms with Gasteiger partial charge in [0.15, 0.2) is 5.82 Å². The highest BCUT2D eigenvalue weighted by Gasteiger charge is 2.18. The van der Waals surface area contributed by atoms with Gasteiger partial charge in [0.25, 0.3) is 5.91 Å². The molecule has 106 valence electrons. The van der Waals surface area contributed by atoms with Crippen molar-refractivity contribution in [3.63, 3.8) is 0 Å². The number of nitrogens with zero attached hydrogens (tertiary/aromatic N) is 2. The molecule has 0 aliphatic rings. The van der Waals surface area contributed by atoms with Crippen LogP contribution in [0.5, 0.6) is 0 Å². The molecule has 5 nitrogen and oxygen atoms in total. The fourth-order valence-electron chi connectivity index (χ4n) is 2.21. The lowest BCUT2D eigenvalue weighted by atomic mass is 10.1. The Labute approximate surface area is 125 Å². The first-order valence-electron chi connectivity index (χ1n) is 6.41. The molecular weight excluding hydrogens is 284 g/mol. The molecule has 0 aliphatic carbocycles. The van der Waals surface area contributed by atoms with Gasteiger partial charge < -0.3 is 11.5 Å². The van der Waals surface area contributed by atoms with Gasteiger partial charge in [-0.25, -0.2) is 9.97 Å². The van der Waals surface area contributed by atoms with Crippen molar-refractivity contribution >= 4 is 33.1 Å². The largest absolute Gasteiger partial charge is 0.397 e. The second-order valence-electron chi connectivity index (χ2n) is 4.89. The summed E-state index contributed by atoms with van der Waals surface area (Å²) in [5.41, 5.74) is 14.5. The first-order chi connectivity index (χ1) is 9.97. The van der Waals surface area contributed by atoms with Crippen LogP contribution in [0.3, 0.4) is 0 Å². The Balaban J connectivity index is 2.23. The van der Waals surface area contributed by atoms with Gasteiger partial charge >= 0.3 is 0 Å². The Morgan fingerprint density at radius 1 is 1.14 bits per heavy atom. The van der Waals surface area contributed by atoms with Gasteiger partial charge in [-0.15, -0.1) is 11.3 Å². The van der Waals surface area contributed by atoms with Crippen molar-refractivity contribution < 1.29 is 4.79 Å². The summed E-state index contributed by atoms with van der Waals surface area (Å²) in [7, 11) is 0. The molecule has 2 aromatic heterocycles. The van der Waals surface area contributed by atoms with Crippen LogP contribution in [0.15, 0.2) is 24.3 Å². The Hall–Kier alpha value is -2.47. The number of aromatic nitrogens is 2. The Bertz CT molecular complexity index is 852. The van der Waals surface area contributed by atoms with Crippen LogP contribution in [-0.2, 0) is 0 Å². The third-order valence-electron chi connectivity index (χ3n) is 3.30. The number of thiophene rings is 1. The van der Waals surface area contributed by atoms with E-state index in [9.17, 15) is 4.79 Å². The number of aryl methyl sites for hydroxylation is 2. The molecule has 3 aromatic rings. The lowest BCUT2D eigenvalue weighted by molar-refractivity contribution is 0.100. The number of benzene rings is 1. The van der Waals surface area contributed by atoms with Crippen molar-refractivity contribution in [3.8, 4) is 11.4 Å². The number of rotatable bonds is 2. The number of fused-ring (bicyclic) bond motifs is 1. The van der Waals surface area contributed by atoms with Gasteiger partial charge in [0.05, 0.1) is 16.8 Å². The molecule has 1 amide bonds. The standard InChI is InChI=1S/C15H14N4OS/c1-7-3-5-9(6-4-7)14-18-8(2)10-11(16)12(13(17)20)21-15(10)19-14/h3-6H,16H2,1-2H3,(H2,17,20). The van der Waals surface area contributed by atoms with Crippen molar-refractivity contribution in [3.05, 3.63) is 40.4 Å². The predicted octanol–water partition coefficient (Wildman–Crippen LogP) is 2.66. The molecule has 1 aromatic carbocycles. The maximum Gasteiger partial charge on any atom is 0.260 e. The summed E-state index contributed by atoms with van der Waals surface area (Å²) in [5.74, 6) is 0.0871. The summed E-state index contributed by atoms with van der Waals surface area (Å²) in [4.78, 5) is 21.4. The number of carbonyl (C=O) groups excluding carboxylic acids is 1. The van der Waals surface area contributed by atoms with Crippen molar-refractivity contribution in [2.24, 2.45) is 5.73 Å². The average molecular weight is 298 g/mol. The van der Waals surface area contributed by atoms with Crippen LogP contribution in [-0.4, -0.2) is 15.9 Å². The minimum absolute atomic E-state index is 0.337. The molecule has 2 heterocycles. The van der Waals surface area contributed by atoms with Gasteiger partial charge in [-0.3, -0.25) is 4.79 Å². The van der Waals surface area contributed by atoms with Crippen LogP contribution in [0.1, 0.15) is 20.9 Å². The SMILES string of the molecule is Cc1ccc(-c2nc(C)c3c(N)c(C(N)=O)sc3n2)cc1. The third-order valence-corrected chi connectivity index (χ3v) is 4.42. The molecule has 0 atom stereocenters. The quantitative estimate of drug-likeness (QED) is 0.760. The predicted molar refractivity (Wildman–Crippen MR) is 85.3 cm³/mol. The minimum atomic E-state index is -0.535. The summed E-state index contributed by atoms with van der Waals surface area (Å²) in [6, 6.07) is 7.97. The van der Waals surface area contributed by atoms with Gasteiger partial charge in [0.2, 0.25) is 0 Å². The van der Waals surface area contributed by atoms with Gasteiger partial charge in [-0.05, 0) is 13.8 Å². The van der Waals surface area contributed by atoms with E-state index in [1.54, 1.807) is 0 Å². The summed E-state index contributed by atoms with van der Waals surface area (Å²) >= 11 is 1.21. The smallest absolute Gasteiger partial charge is 0.260 e. The second kappa shape index (κ2) is 4.82. The number of amides is 1. The molecule has 3 rings (SSSR count). The zero-order valence-corrected chi connectivity index (χ0v) is 12.5. The highest BCUT2D eigenvalue weighted by Crippen LogP contribution is 2.35. The zero-order chi connectivity index (χ0) is 15.1. The number of anilines is 1. The number of nitrogens with two attached hydrogens (primary N) is 2. The molecular formula is C15H14N4OS. The summed E-state index contributed by atoms with van der Waals surface area (Å²) in [6.45, 7) is 3.88. The van der Waals surface area contributed by atoms with E-state index in [2.05, 4.69) is 9.97 Å². The van der Waals surface area contributed by atoms with Crippen LogP contribution in [0.25, 0.3) is 21.6 Å². The van der Waals surface area contributed by atoms with E-state index in [1.807, 2.05) is 38.1 Å². The van der Waals surface area contributed by atoms with Gasteiger partial charge in [-0.1, -0.05) is 29.8 Å². The average Bonchev–Trinajstić information content (AvgIpc) is 2.77. The maximum absolute atomic E-state index is 11.4. The van der Waals surface area contributed by atoms with Crippen LogP contribution in [0, 0.1) is 13.8 Å². The minimum Gasteiger partial charge on any atom is -0.397 e. The summed E-state index contributed by atoms with van der Waals surface area (Å²) in [5, 5.41) is 0.713. The fourth-order valence-corrected chi connectivity index (χ4v) is 3.21. The van der Waals surface area contributed by atoms with Crippen molar-refractivity contribution in [1.82, 2.24) is 9.97 Å². The van der Waals surface area contributed by atoms with Crippen LogP contribution >= 0.6 is 11.3 Å². The van der Waals surface area contributed by atoms with E-state index in [0.717, 1.165) is 11.3 Å². The molecule has 4 N–H and O–H groups in total. The van der Waals surface area contributed by atoms with Crippen LogP contribution in [0.4, 0.5) is 5.69 Å². The molecule has 0 saturated carbocycles. The number of hydrogen-bond donors (Lipinski definition) is 2. The van der Waals surface area contributed by atoms with Crippen molar-refractivity contribution in [2.75, 3.05) is 5.73 Å². The lowest BCUT2D eigenvalue weighted by Crippen LogP contribution is -2.10. The molecule has 21 heavy (non-hydrogen) atoms. The fraction of sp³-hybridized carbons (Fsp3) is 0.133. The normalized spacial score (nSPS) is 11.0. The summed E-state index contributed by atoms with van der Waals surface area (Å²) < 4.78 is 0. The highest BCUT2D eigenvalue weighted by molar-refractivity contribution is 7.21. The second-order valence-corrected chi connectivity index (χ2v) is 5.89. The molecule has 0 radical (unpaired) electrons. The molecule has 0 aliphatic heterocycles. The van der Waals surface area contributed by atoms with E-state index in [0.29, 0.717) is 26.6 Å². The van der Waals surface area contributed by atoms with Crippen LogP contribution < -0.4 is 11.5 Å². The highest BCUT2D eigenvalue weighted by atomic mass is 32.1. The first-order valence-corrected chi connectivity index (χ1v) is 7.22. The molecule has 0 saturated heterocycles. The van der Waals surface area contributed by atoms with Crippen molar-refractivity contribution in [1.29, 1.82) is 0 Å². The number of hydrogen-bond acceptors (Lipinski definition) is 5. The number of nitrogen functional groups attached to an aromatic ring is 1. The number of carbonyl (C=O) groups is 1. The van der Waals surface area contributed by atoms with E-state index in [4.69, 9.17) is 11.5 Å².